The van der Waals surface area contributed by atoms with E-state index >= 15 is 0 Å². The van der Waals surface area contributed by atoms with Crippen molar-refractivity contribution < 1.29 is 4.52 Å². The zero-order valence-corrected chi connectivity index (χ0v) is 12.3. The standard InChI is InChI=1S/C17H21N3O/c1-12-16-9-18-8-14(16)10-20(12)11-15-7-17(21-19-15)13-5-3-2-4-6-13/h2-7,12,14,16,18H,8-11H2,1H3. The van der Waals surface area contributed by atoms with Crippen LogP contribution in [0.5, 0.6) is 0 Å². The molecule has 0 bridgehead atoms. The summed E-state index contributed by atoms with van der Waals surface area (Å²) >= 11 is 0. The van der Waals surface area contributed by atoms with Crippen LogP contribution in [0.4, 0.5) is 0 Å². The Hall–Kier alpha value is -1.65. The second-order valence-corrected chi connectivity index (χ2v) is 6.30. The molecule has 0 aliphatic carbocycles. The average molecular weight is 283 g/mol. The highest BCUT2D eigenvalue weighted by Crippen LogP contribution is 2.33. The second-order valence-electron chi connectivity index (χ2n) is 6.30. The summed E-state index contributed by atoms with van der Waals surface area (Å²) in [5.74, 6) is 2.46. The Labute approximate surface area is 125 Å². The first-order valence-electron chi connectivity index (χ1n) is 7.77. The van der Waals surface area contributed by atoms with Gasteiger partial charge in [0.15, 0.2) is 5.76 Å². The number of nitrogens with one attached hydrogen (secondary N) is 1. The van der Waals surface area contributed by atoms with E-state index < -0.39 is 0 Å². The first-order chi connectivity index (χ1) is 10.3. The van der Waals surface area contributed by atoms with Crippen LogP contribution in [0.15, 0.2) is 40.9 Å². The Balaban J connectivity index is 1.48. The third-order valence-corrected chi connectivity index (χ3v) is 5.04. The van der Waals surface area contributed by atoms with Gasteiger partial charge in [-0.1, -0.05) is 35.5 Å². The van der Waals surface area contributed by atoms with Gasteiger partial charge in [0.1, 0.15) is 0 Å². The van der Waals surface area contributed by atoms with Gasteiger partial charge in [0, 0.05) is 30.8 Å². The van der Waals surface area contributed by atoms with E-state index in [1.807, 2.05) is 18.2 Å². The van der Waals surface area contributed by atoms with Crippen molar-refractivity contribution >= 4 is 0 Å². The van der Waals surface area contributed by atoms with E-state index in [1.54, 1.807) is 0 Å². The lowest BCUT2D eigenvalue weighted by molar-refractivity contribution is 0.225. The summed E-state index contributed by atoms with van der Waals surface area (Å²) in [5, 5.41) is 7.76. The molecule has 110 valence electrons. The van der Waals surface area contributed by atoms with Crippen LogP contribution >= 0.6 is 0 Å². The monoisotopic (exact) mass is 283 g/mol. The van der Waals surface area contributed by atoms with Gasteiger partial charge in [-0.25, -0.2) is 0 Å². The van der Waals surface area contributed by atoms with Gasteiger partial charge in [-0.05, 0) is 31.8 Å². The van der Waals surface area contributed by atoms with E-state index in [2.05, 4.69) is 40.5 Å². The molecule has 3 heterocycles. The van der Waals surface area contributed by atoms with Gasteiger partial charge in [0.25, 0.3) is 0 Å². The summed E-state index contributed by atoms with van der Waals surface area (Å²) in [5.41, 5.74) is 2.13. The number of likely N-dealkylation sites (tertiary alicyclic amines) is 1. The van der Waals surface area contributed by atoms with Crippen molar-refractivity contribution in [1.82, 2.24) is 15.4 Å². The van der Waals surface area contributed by atoms with Gasteiger partial charge in [-0.3, -0.25) is 4.90 Å². The fraction of sp³-hybridized carbons (Fsp3) is 0.471. The maximum absolute atomic E-state index is 5.50. The average Bonchev–Trinajstić information content (AvgIpc) is 3.21. The molecule has 0 saturated carbocycles. The number of hydrogen-bond acceptors (Lipinski definition) is 4. The summed E-state index contributed by atoms with van der Waals surface area (Å²) < 4.78 is 5.50. The van der Waals surface area contributed by atoms with E-state index in [4.69, 9.17) is 4.52 Å². The van der Waals surface area contributed by atoms with Gasteiger partial charge in [0.2, 0.25) is 0 Å². The summed E-state index contributed by atoms with van der Waals surface area (Å²) in [6.07, 6.45) is 0. The van der Waals surface area contributed by atoms with Crippen molar-refractivity contribution in [2.75, 3.05) is 19.6 Å². The molecule has 0 spiro atoms. The van der Waals surface area contributed by atoms with Crippen molar-refractivity contribution in [2.45, 2.75) is 19.5 Å². The Bertz CT molecular complexity index is 610. The number of rotatable bonds is 3. The van der Waals surface area contributed by atoms with E-state index in [9.17, 15) is 0 Å². The quantitative estimate of drug-likeness (QED) is 0.939. The molecule has 2 aromatic rings. The largest absolute Gasteiger partial charge is 0.356 e. The molecule has 2 fully saturated rings. The molecule has 1 aromatic heterocycles. The molecular formula is C17H21N3O. The van der Waals surface area contributed by atoms with Crippen molar-refractivity contribution in [1.29, 1.82) is 0 Å². The zero-order valence-electron chi connectivity index (χ0n) is 12.3. The van der Waals surface area contributed by atoms with Crippen LogP contribution in [-0.2, 0) is 6.54 Å². The summed E-state index contributed by atoms with van der Waals surface area (Å²) in [6.45, 7) is 6.74. The fourth-order valence-electron chi connectivity index (χ4n) is 3.80. The van der Waals surface area contributed by atoms with Gasteiger partial charge < -0.3 is 9.84 Å². The van der Waals surface area contributed by atoms with E-state index in [-0.39, 0.29) is 0 Å². The normalized spacial score (nSPS) is 28.9. The SMILES string of the molecule is CC1C2CNCC2CN1Cc1cc(-c2ccccc2)on1. The molecule has 21 heavy (non-hydrogen) atoms. The van der Waals surface area contributed by atoms with Crippen LogP contribution in [-0.4, -0.2) is 35.7 Å². The van der Waals surface area contributed by atoms with Crippen LogP contribution in [0.2, 0.25) is 0 Å². The lowest BCUT2D eigenvalue weighted by Crippen LogP contribution is -2.32. The molecule has 4 heteroatoms. The predicted octanol–water partition coefficient (Wildman–Crippen LogP) is 2.38. The third kappa shape index (κ3) is 2.39. The molecule has 1 N–H and O–H groups in total. The fourth-order valence-corrected chi connectivity index (χ4v) is 3.80. The first-order valence-corrected chi connectivity index (χ1v) is 7.77. The van der Waals surface area contributed by atoms with Crippen molar-refractivity contribution in [2.24, 2.45) is 11.8 Å². The lowest BCUT2D eigenvalue weighted by atomic mass is 9.95. The smallest absolute Gasteiger partial charge is 0.167 e. The minimum atomic E-state index is 0.627. The number of benzene rings is 1. The second kappa shape index (κ2) is 5.28. The Morgan fingerprint density at radius 3 is 2.95 bits per heavy atom. The van der Waals surface area contributed by atoms with E-state index in [0.717, 1.165) is 41.9 Å². The molecular weight excluding hydrogens is 262 g/mol. The number of fused-ring (bicyclic) bond motifs is 1. The van der Waals surface area contributed by atoms with Crippen LogP contribution in [0.25, 0.3) is 11.3 Å². The Kier molecular flexibility index (Phi) is 3.28. The molecule has 0 amide bonds. The highest BCUT2D eigenvalue weighted by molar-refractivity contribution is 5.56. The number of aromatic nitrogens is 1. The molecule has 4 rings (SSSR count). The minimum absolute atomic E-state index is 0.627. The molecule has 3 atom stereocenters. The number of hydrogen-bond donors (Lipinski definition) is 1. The zero-order chi connectivity index (χ0) is 14.2. The molecule has 2 saturated heterocycles. The minimum Gasteiger partial charge on any atom is -0.356 e. The van der Waals surface area contributed by atoms with Gasteiger partial charge >= 0.3 is 0 Å². The molecule has 2 aliphatic rings. The van der Waals surface area contributed by atoms with Gasteiger partial charge in [0.05, 0.1) is 5.69 Å². The topological polar surface area (TPSA) is 41.3 Å². The van der Waals surface area contributed by atoms with Gasteiger partial charge in [-0.15, -0.1) is 0 Å². The molecule has 4 nitrogen and oxygen atoms in total. The summed E-state index contributed by atoms with van der Waals surface area (Å²) in [6, 6.07) is 12.9. The van der Waals surface area contributed by atoms with E-state index in [1.165, 1.54) is 13.1 Å². The first kappa shape index (κ1) is 13.0. The molecule has 3 unspecified atom stereocenters. The number of nitrogens with zero attached hydrogens (tertiary/aromatic N) is 2. The van der Waals surface area contributed by atoms with Crippen LogP contribution in [0.3, 0.4) is 0 Å². The van der Waals surface area contributed by atoms with Gasteiger partial charge in [-0.2, -0.15) is 0 Å². The Morgan fingerprint density at radius 2 is 2.14 bits per heavy atom. The molecule has 0 radical (unpaired) electrons. The Morgan fingerprint density at radius 1 is 1.29 bits per heavy atom. The molecule has 1 aromatic carbocycles. The van der Waals surface area contributed by atoms with Crippen molar-refractivity contribution in [3.05, 3.63) is 42.1 Å². The maximum Gasteiger partial charge on any atom is 0.167 e. The summed E-state index contributed by atoms with van der Waals surface area (Å²) in [7, 11) is 0. The predicted molar refractivity (Wildman–Crippen MR) is 81.7 cm³/mol. The molecule has 2 aliphatic heterocycles. The third-order valence-electron chi connectivity index (χ3n) is 5.04. The summed E-state index contributed by atoms with van der Waals surface area (Å²) in [4.78, 5) is 2.54. The van der Waals surface area contributed by atoms with E-state index in [0.29, 0.717) is 6.04 Å². The lowest BCUT2D eigenvalue weighted by Gasteiger charge is -2.22. The van der Waals surface area contributed by atoms with Crippen molar-refractivity contribution in [3.8, 4) is 11.3 Å². The van der Waals surface area contributed by atoms with Crippen LogP contribution in [0.1, 0.15) is 12.6 Å². The highest BCUT2D eigenvalue weighted by Gasteiger charge is 2.41. The maximum atomic E-state index is 5.50. The van der Waals surface area contributed by atoms with Crippen LogP contribution < -0.4 is 5.32 Å². The van der Waals surface area contributed by atoms with Crippen LogP contribution in [0, 0.1) is 11.8 Å². The van der Waals surface area contributed by atoms with Crippen molar-refractivity contribution in [3.63, 3.8) is 0 Å². The highest BCUT2D eigenvalue weighted by atomic mass is 16.5.